The lowest BCUT2D eigenvalue weighted by molar-refractivity contribution is -0.121. The van der Waals surface area contributed by atoms with E-state index in [4.69, 9.17) is 11.6 Å². The fourth-order valence-electron chi connectivity index (χ4n) is 4.84. The lowest BCUT2D eigenvalue weighted by Crippen LogP contribution is -2.32. The Kier molecular flexibility index (Phi) is 8.07. The molecule has 5 aromatic rings. The van der Waals surface area contributed by atoms with Gasteiger partial charge in [-0.15, -0.1) is 0 Å². The van der Waals surface area contributed by atoms with E-state index in [1.165, 1.54) is 31.3 Å². The molecule has 0 spiro atoms. The van der Waals surface area contributed by atoms with Gasteiger partial charge >= 0.3 is 0 Å². The van der Waals surface area contributed by atoms with E-state index in [1.807, 2.05) is 0 Å². The number of H-pyrrole nitrogens is 1. The van der Waals surface area contributed by atoms with Crippen molar-refractivity contribution in [3.05, 3.63) is 124 Å². The molecule has 0 bridgehead atoms. The summed E-state index contributed by atoms with van der Waals surface area (Å²) in [4.78, 5) is 33.0. The first-order valence-corrected chi connectivity index (χ1v) is 13.1. The number of rotatable bonds is 8. The highest BCUT2D eigenvalue weighted by Gasteiger charge is 2.23. The summed E-state index contributed by atoms with van der Waals surface area (Å²) in [5, 5.41) is 6.28. The van der Waals surface area contributed by atoms with Crippen molar-refractivity contribution in [3.63, 3.8) is 0 Å². The van der Waals surface area contributed by atoms with Gasteiger partial charge in [0.2, 0.25) is 5.91 Å². The predicted molar refractivity (Wildman–Crippen MR) is 151 cm³/mol. The van der Waals surface area contributed by atoms with E-state index in [9.17, 15) is 22.8 Å². The first kappa shape index (κ1) is 27.9. The zero-order valence-corrected chi connectivity index (χ0v) is 22.5. The third-order valence-electron chi connectivity index (χ3n) is 6.70. The minimum absolute atomic E-state index is 0.0248. The van der Waals surface area contributed by atoms with Crippen molar-refractivity contribution in [1.82, 2.24) is 20.6 Å². The van der Waals surface area contributed by atoms with Gasteiger partial charge < -0.3 is 15.6 Å². The Morgan fingerprint density at radius 1 is 0.976 bits per heavy atom. The van der Waals surface area contributed by atoms with Gasteiger partial charge in [0, 0.05) is 42.0 Å². The van der Waals surface area contributed by atoms with Crippen LogP contribution in [0.5, 0.6) is 0 Å². The number of fused-ring (bicyclic) bond motifs is 1. The average molecular weight is 577 g/mol. The van der Waals surface area contributed by atoms with Crippen LogP contribution in [-0.4, -0.2) is 28.8 Å². The second kappa shape index (κ2) is 11.9. The third kappa shape index (κ3) is 6.25. The van der Waals surface area contributed by atoms with Crippen molar-refractivity contribution < 1.29 is 22.8 Å². The highest BCUT2D eigenvalue weighted by atomic mass is 35.5. The molecule has 6 nitrogen and oxygen atoms in total. The Hall–Kier alpha value is -4.63. The molecular weight excluding hydrogens is 553 g/mol. The van der Waals surface area contributed by atoms with Gasteiger partial charge in [0.05, 0.1) is 28.7 Å². The maximum absolute atomic E-state index is 14.1. The normalized spacial score (nSPS) is 11.8. The molecule has 10 heteroatoms. The number of nitrogens with one attached hydrogen (secondary N) is 3. The van der Waals surface area contributed by atoms with Gasteiger partial charge in [-0.2, -0.15) is 0 Å². The first-order chi connectivity index (χ1) is 19.7. The molecule has 0 unspecified atom stereocenters. The van der Waals surface area contributed by atoms with Crippen molar-refractivity contribution in [2.45, 2.75) is 18.9 Å². The van der Waals surface area contributed by atoms with Gasteiger partial charge in [0.15, 0.2) is 0 Å². The summed E-state index contributed by atoms with van der Waals surface area (Å²) in [6, 6.07) is 15.0. The van der Waals surface area contributed by atoms with Gasteiger partial charge in [-0.3, -0.25) is 14.6 Å². The Bertz CT molecular complexity index is 1750. The highest BCUT2D eigenvalue weighted by Crippen LogP contribution is 2.32. The largest absolute Gasteiger partial charge is 0.361 e. The van der Waals surface area contributed by atoms with Crippen LogP contribution in [0.4, 0.5) is 13.2 Å². The minimum atomic E-state index is -0.806. The molecule has 2 aromatic heterocycles. The van der Waals surface area contributed by atoms with Crippen LogP contribution in [0.1, 0.15) is 33.2 Å². The number of carbonyl (C=O) groups excluding carboxylic acids is 2. The van der Waals surface area contributed by atoms with E-state index in [-0.39, 0.29) is 23.8 Å². The van der Waals surface area contributed by atoms with Gasteiger partial charge in [-0.25, -0.2) is 13.2 Å². The molecule has 3 aromatic carbocycles. The molecular formula is C31H24ClF3N4O2. The molecule has 41 heavy (non-hydrogen) atoms. The van der Waals surface area contributed by atoms with Crippen LogP contribution >= 0.6 is 11.6 Å². The second-order valence-corrected chi connectivity index (χ2v) is 9.90. The second-order valence-electron chi connectivity index (χ2n) is 9.49. The van der Waals surface area contributed by atoms with Crippen molar-refractivity contribution in [2.24, 2.45) is 0 Å². The van der Waals surface area contributed by atoms with Crippen molar-refractivity contribution in [1.29, 1.82) is 0 Å². The van der Waals surface area contributed by atoms with Crippen LogP contribution in [0.15, 0.2) is 79.1 Å². The van der Waals surface area contributed by atoms with E-state index in [0.29, 0.717) is 44.4 Å². The fraction of sp³-hybridized carbons (Fsp3) is 0.129. The van der Waals surface area contributed by atoms with Gasteiger partial charge in [0.25, 0.3) is 5.91 Å². The fourth-order valence-corrected chi connectivity index (χ4v) is 5.10. The summed E-state index contributed by atoms with van der Waals surface area (Å²) >= 11 is 6.41. The zero-order chi connectivity index (χ0) is 29.1. The number of aromatic nitrogens is 2. The third-order valence-corrected chi connectivity index (χ3v) is 7.01. The quantitative estimate of drug-likeness (QED) is 0.202. The molecule has 0 fully saturated rings. The Morgan fingerprint density at radius 3 is 2.49 bits per heavy atom. The molecule has 0 aliphatic rings. The number of halogens is 4. The molecule has 0 aliphatic carbocycles. The van der Waals surface area contributed by atoms with E-state index in [2.05, 4.69) is 20.6 Å². The summed E-state index contributed by atoms with van der Waals surface area (Å²) in [6.07, 6.45) is 3.14. The number of amides is 2. The molecule has 0 radical (unpaired) electrons. The minimum Gasteiger partial charge on any atom is -0.361 e. The van der Waals surface area contributed by atoms with Crippen molar-refractivity contribution in [3.8, 4) is 11.1 Å². The smallest absolute Gasteiger partial charge is 0.252 e. The topological polar surface area (TPSA) is 86.9 Å². The number of hydrogen-bond acceptors (Lipinski definition) is 3. The van der Waals surface area contributed by atoms with E-state index in [1.54, 1.807) is 48.8 Å². The van der Waals surface area contributed by atoms with Crippen LogP contribution in [-0.2, 0) is 17.6 Å². The monoisotopic (exact) mass is 576 g/mol. The number of pyridine rings is 1. The average Bonchev–Trinajstić information content (AvgIpc) is 3.33. The van der Waals surface area contributed by atoms with Crippen molar-refractivity contribution >= 4 is 34.3 Å². The number of nitrogens with zero attached hydrogens (tertiary/aromatic N) is 1. The van der Waals surface area contributed by atoms with Crippen LogP contribution < -0.4 is 10.6 Å². The molecule has 5 rings (SSSR count). The number of aromatic amines is 1. The number of carbonyl (C=O) groups is 2. The Balaban J connectivity index is 1.51. The molecule has 3 N–H and O–H groups in total. The van der Waals surface area contributed by atoms with Gasteiger partial charge in [-0.05, 0) is 71.6 Å². The van der Waals surface area contributed by atoms with Crippen LogP contribution in [0, 0.1) is 17.5 Å². The maximum Gasteiger partial charge on any atom is 0.252 e. The SMILES string of the molecule is CNC(=O)c1ccc(-c2cccnc2[C@H](Cc2cc(F)cc(F)c2)NC(=O)Cc2c[nH]c3ccc(F)cc23)cc1Cl. The molecule has 0 aliphatic heterocycles. The van der Waals surface area contributed by atoms with E-state index in [0.717, 1.165) is 6.07 Å². The summed E-state index contributed by atoms with van der Waals surface area (Å²) in [7, 11) is 1.50. The lowest BCUT2D eigenvalue weighted by atomic mass is 9.94. The van der Waals surface area contributed by atoms with E-state index >= 15 is 0 Å². The summed E-state index contributed by atoms with van der Waals surface area (Å²) in [5.41, 5.74) is 3.54. The highest BCUT2D eigenvalue weighted by molar-refractivity contribution is 6.34. The van der Waals surface area contributed by atoms with Crippen LogP contribution in [0.2, 0.25) is 5.02 Å². The number of hydrogen-bond donors (Lipinski definition) is 3. The zero-order valence-electron chi connectivity index (χ0n) is 21.8. The Morgan fingerprint density at radius 2 is 1.76 bits per heavy atom. The molecule has 208 valence electrons. The number of benzene rings is 3. The van der Waals surface area contributed by atoms with Gasteiger partial charge in [-0.1, -0.05) is 23.7 Å². The van der Waals surface area contributed by atoms with Crippen molar-refractivity contribution in [2.75, 3.05) is 7.05 Å². The predicted octanol–water partition coefficient (Wildman–Crippen LogP) is 6.30. The maximum atomic E-state index is 14.1. The molecule has 0 saturated carbocycles. The summed E-state index contributed by atoms with van der Waals surface area (Å²) < 4.78 is 42.0. The van der Waals surface area contributed by atoms with Gasteiger partial charge in [0.1, 0.15) is 17.5 Å². The first-order valence-electron chi connectivity index (χ1n) is 12.7. The standard InChI is InChI=1S/C31H24ClF3N4O2/c1-36-31(41)24-6-4-18(12-26(24)32)23-3-2-8-37-30(23)28(11-17-9-21(34)14-22(35)10-17)39-29(40)13-19-16-38-27-7-5-20(33)15-25(19)27/h2-10,12,14-16,28,38H,11,13H2,1H3,(H,36,41)(H,39,40)/t28-/m0/s1. The van der Waals surface area contributed by atoms with E-state index < -0.39 is 29.4 Å². The summed E-state index contributed by atoms with van der Waals surface area (Å²) in [6.45, 7) is 0. The molecule has 2 heterocycles. The van der Waals surface area contributed by atoms with Crippen LogP contribution in [0.3, 0.4) is 0 Å². The van der Waals surface area contributed by atoms with Crippen LogP contribution in [0.25, 0.3) is 22.0 Å². The molecule has 1 atom stereocenters. The molecule has 0 saturated heterocycles. The molecule has 2 amide bonds. The Labute approximate surface area is 238 Å². The lowest BCUT2D eigenvalue weighted by Gasteiger charge is -2.22. The summed E-state index contributed by atoms with van der Waals surface area (Å²) in [5.74, 6) is -2.67.